The number of aliphatic hydroxyl groups is 1. The third kappa shape index (κ3) is 3.15. The number of aromatic nitrogens is 2. The summed E-state index contributed by atoms with van der Waals surface area (Å²) in [6.45, 7) is 2.11. The SMILES string of the molecule is CC(CCO)Nc1cncc(NN)n1. The number of nitrogens with zero attached hydrogens (tertiary/aromatic N) is 2. The lowest BCUT2D eigenvalue weighted by Crippen LogP contribution is -2.18. The van der Waals surface area contributed by atoms with E-state index in [1.807, 2.05) is 6.92 Å². The highest BCUT2D eigenvalue weighted by molar-refractivity contribution is 5.41. The molecule has 1 heterocycles. The van der Waals surface area contributed by atoms with Gasteiger partial charge in [-0.05, 0) is 13.3 Å². The Balaban J connectivity index is 2.57. The smallest absolute Gasteiger partial charge is 0.160 e. The Bertz CT molecular complexity index is 280. The van der Waals surface area contributed by atoms with Gasteiger partial charge in [-0.3, -0.25) is 4.98 Å². The van der Waals surface area contributed by atoms with Gasteiger partial charge in [0.2, 0.25) is 0 Å². The third-order valence-electron chi connectivity index (χ3n) is 1.74. The summed E-state index contributed by atoms with van der Waals surface area (Å²) >= 11 is 0. The van der Waals surface area contributed by atoms with E-state index < -0.39 is 0 Å². The second-order valence-corrected chi connectivity index (χ2v) is 2.99. The maximum Gasteiger partial charge on any atom is 0.160 e. The van der Waals surface area contributed by atoms with Crippen molar-refractivity contribution in [2.45, 2.75) is 19.4 Å². The van der Waals surface area contributed by atoms with Crippen LogP contribution in [0.4, 0.5) is 11.6 Å². The van der Waals surface area contributed by atoms with Crippen molar-refractivity contribution in [1.82, 2.24) is 9.97 Å². The number of nitrogens with one attached hydrogen (secondary N) is 2. The second-order valence-electron chi connectivity index (χ2n) is 2.99. The number of hydrogen-bond acceptors (Lipinski definition) is 6. The molecule has 0 aromatic carbocycles. The van der Waals surface area contributed by atoms with Crippen molar-refractivity contribution in [2.24, 2.45) is 5.84 Å². The molecule has 78 valence electrons. The van der Waals surface area contributed by atoms with Gasteiger partial charge in [0.05, 0.1) is 12.4 Å². The first kappa shape index (κ1) is 10.7. The lowest BCUT2D eigenvalue weighted by atomic mass is 10.2. The van der Waals surface area contributed by atoms with Crippen LogP contribution in [-0.2, 0) is 0 Å². The summed E-state index contributed by atoms with van der Waals surface area (Å²) < 4.78 is 0. The second kappa shape index (κ2) is 5.36. The summed E-state index contributed by atoms with van der Waals surface area (Å²) in [7, 11) is 0. The minimum atomic E-state index is 0.149. The van der Waals surface area contributed by atoms with Crippen molar-refractivity contribution in [3.63, 3.8) is 0 Å². The molecular formula is C8H15N5O. The fourth-order valence-electron chi connectivity index (χ4n) is 1.02. The zero-order chi connectivity index (χ0) is 10.4. The highest BCUT2D eigenvalue weighted by Crippen LogP contribution is 2.07. The number of aliphatic hydroxyl groups excluding tert-OH is 1. The van der Waals surface area contributed by atoms with Crippen LogP contribution < -0.4 is 16.6 Å². The van der Waals surface area contributed by atoms with Crippen molar-refractivity contribution in [2.75, 3.05) is 17.3 Å². The Labute approximate surface area is 82.5 Å². The van der Waals surface area contributed by atoms with E-state index in [1.165, 1.54) is 6.20 Å². The van der Waals surface area contributed by atoms with Crippen LogP contribution in [0, 0.1) is 0 Å². The van der Waals surface area contributed by atoms with E-state index in [2.05, 4.69) is 20.7 Å². The van der Waals surface area contributed by atoms with Crippen molar-refractivity contribution in [3.05, 3.63) is 12.4 Å². The first-order valence-electron chi connectivity index (χ1n) is 4.42. The van der Waals surface area contributed by atoms with Crippen molar-refractivity contribution >= 4 is 11.6 Å². The van der Waals surface area contributed by atoms with Crippen molar-refractivity contribution in [3.8, 4) is 0 Å². The summed E-state index contributed by atoms with van der Waals surface area (Å²) in [5.74, 6) is 6.33. The fraction of sp³-hybridized carbons (Fsp3) is 0.500. The minimum absolute atomic E-state index is 0.149. The number of rotatable bonds is 5. The molecule has 0 aliphatic heterocycles. The summed E-state index contributed by atoms with van der Waals surface area (Å²) in [6, 6.07) is 0.155. The van der Waals surface area contributed by atoms with Crippen molar-refractivity contribution in [1.29, 1.82) is 0 Å². The predicted octanol–water partition coefficient (Wildman–Crippen LogP) is -0.0550. The number of anilines is 2. The van der Waals surface area contributed by atoms with E-state index >= 15 is 0 Å². The summed E-state index contributed by atoms with van der Waals surface area (Å²) in [6.07, 6.45) is 3.80. The van der Waals surface area contributed by atoms with E-state index in [1.54, 1.807) is 6.20 Å². The van der Waals surface area contributed by atoms with E-state index in [4.69, 9.17) is 10.9 Å². The maximum absolute atomic E-state index is 8.71. The molecule has 0 spiro atoms. The molecule has 1 aromatic heterocycles. The molecule has 5 N–H and O–H groups in total. The molecule has 14 heavy (non-hydrogen) atoms. The molecule has 1 aromatic rings. The van der Waals surface area contributed by atoms with Crippen LogP contribution in [-0.4, -0.2) is 27.7 Å². The lowest BCUT2D eigenvalue weighted by molar-refractivity contribution is 0.282. The molecule has 0 radical (unpaired) electrons. The van der Waals surface area contributed by atoms with Crippen LogP contribution in [0.5, 0.6) is 0 Å². The molecule has 0 aliphatic carbocycles. The summed E-state index contributed by atoms with van der Waals surface area (Å²) in [4.78, 5) is 8.06. The lowest BCUT2D eigenvalue weighted by Gasteiger charge is -2.12. The van der Waals surface area contributed by atoms with Gasteiger partial charge >= 0.3 is 0 Å². The fourth-order valence-corrected chi connectivity index (χ4v) is 1.02. The van der Waals surface area contributed by atoms with Crippen LogP contribution in [0.1, 0.15) is 13.3 Å². The van der Waals surface area contributed by atoms with Gasteiger partial charge in [0.15, 0.2) is 5.82 Å². The molecule has 1 atom stereocenters. The van der Waals surface area contributed by atoms with E-state index in [-0.39, 0.29) is 12.6 Å². The van der Waals surface area contributed by atoms with Crippen LogP contribution >= 0.6 is 0 Å². The normalized spacial score (nSPS) is 12.2. The van der Waals surface area contributed by atoms with Gasteiger partial charge in [0.25, 0.3) is 0 Å². The minimum Gasteiger partial charge on any atom is -0.396 e. The van der Waals surface area contributed by atoms with Gasteiger partial charge in [0.1, 0.15) is 5.82 Å². The van der Waals surface area contributed by atoms with E-state index in [9.17, 15) is 0 Å². The van der Waals surface area contributed by atoms with Gasteiger partial charge < -0.3 is 15.8 Å². The first-order chi connectivity index (χ1) is 6.76. The average molecular weight is 197 g/mol. The van der Waals surface area contributed by atoms with Crippen LogP contribution in [0.25, 0.3) is 0 Å². The average Bonchev–Trinajstić information content (AvgIpc) is 2.18. The Hall–Kier alpha value is -1.40. The van der Waals surface area contributed by atoms with E-state index in [0.717, 1.165) is 0 Å². The van der Waals surface area contributed by atoms with Crippen LogP contribution in [0.3, 0.4) is 0 Å². The molecule has 1 unspecified atom stereocenters. The number of nitrogen functional groups attached to an aromatic ring is 1. The molecule has 0 saturated heterocycles. The van der Waals surface area contributed by atoms with Crippen LogP contribution in [0.15, 0.2) is 12.4 Å². The van der Waals surface area contributed by atoms with Gasteiger partial charge in [0, 0.05) is 12.6 Å². The largest absolute Gasteiger partial charge is 0.396 e. The molecule has 0 amide bonds. The molecule has 0 fully saturated rings. The Morgan fingerprint density at radius 2 is 2.21 bits per heavy atom. The topological polar surface area (TPSA) is 96.1 Å². The first-order valence-corrected chi connectivity index (χ1v) is 4.42. The molecule has 0 bridgehead atoms. The highest BCUT2D eigenvalue weighted by atomic mass is 16.3. The molecule has 1 rings (SSSR count). The quantitative estimate of drug-likeness (QED) is 0.390. The van der Waals surface area contributed by atoms with Crippen molar-refractivity contribution < 1.29 is 5.11 Å². The number of nitrogens with two attached hydrogens (primary N) is 1. The molecular weight excluding hydrogens is 182 g/mol. The maximum atomic E-state index is 8.71. The molecule has 0 aliphatic rings. The van der Waals surface area contributed by atoms with Gasteiger partial charge in [-0.2, -0.15) is 0 Å². The Kier molecular flexibility index (Phi) is 4.09. The zero-order valence-electron chi connectivity index (χ0n) is 8.07. The van der Waals surface area contributed by atoms with Gasteiger partial charge in [-0.1, -0.05) is 0 Å². The Morgan fingerprint density at radius 3 is 2.86 bits per heavy atom. The number of hydrazine groups is 1. The Morgan fingerprint density at radius 1 is 1.50 bits per heavy atom. The highest BCUT2D eigenvalue weighted by Gasteiger charge is 2.02. The standard InChI is InChI=1S/C8H15N5O/c1-6(2-3-14)11-7-4-10-5-8(12-7)13-9/h4-6,14H,2-3,9H2,1H3,(H2,11,12,13). The number of hydrogen-bond donors (Lipinski definition) is 4. The third-order valence-corrected chi connectivity index (χ3v) is 1.74. The molecule has 6 nitrogen and oxygen atoms in total. The molecule has 0 saturated carbocycles. The van der Waals surface area contributed by atoms with Crippen LogP contribution in [0.2, 0.25) is 0 Å². The summed E-state index contributed by atoms with van der Waals surface area (Å²) in [5.41, 5.74) is 2.41. The van der Waals surface area contributed by atoms with E-state index in [0.29, 0.717) is 18.1 Å². The summed E-state index contributed by atoms with van der Waals surface area (Å²) in [5, 5.41) is 11.8. The zero-order valence-corrected chi connectivity index (χ0v) is 8.07. The monoisotopic (exact) mass is 197 g/mol. The van der Waals surface area contributed by atoms with Gasteiger partial charge in [-0.25, -0.2) is 10.8 Å². The predicted molar refractivity (Wildman–Crippen MR) is 54.6 cm³/mol. The molecule has 6 heteroatoms. The van der Waals surface area contributed by atoms with Gasteiger partial charge in [-0.15, -0.1) is 0 Å².